The van der Waals surface area contributed by atoms with Gasteiger partial charge in [0.1, 0.15) is 0 Å². The van der Waals surface area contributed by atoms with Crippen LogP contribution in [0.5, 0.6) is 0 Å². The third-order valence-electron chi connectivity index (χ3n) is 3.27. The Labute approximate surface area is 136 Å². The Morgan fingerprint density at radius 3 is 2.86 bits per heavy atom. The summed E-state index contributed by atoms with van der Waals surface area (Å²) in [7, 11) is 0. The van der Waals surface area contributed by atoms with Gasteiger partial charge < -0.3 is 4.90 Å². The van der Waals surface area contributed by atoms with Crippen molar-refractivity contribution in [2.45, 2.75) is 20.4 Å². The van der Waals surface area contributed by atoms with Crippen LogP contribution in [-0.2, 0) is 6.54 Å². The van der Waals surface area contributed by atoms with Crippen LogP contribution in [0.2, 0.25) is 4.34 Å². The number of hydrogen-bond donors (Lipinski definition) is 0. The molecule has 3 aromatic heterocycles. The number of aryl methyl sites for hydroxylation is 1. The van der Waals surface area contributed by atoms with Gasteiger partial charge in [0, 0.05) is 23.3 Å². The number of carbonyl (C=O) groups excluding carboxylic acids is 1. The predicted molar refractivity (Wildman–Crippen MR) is 85.3 cm³/mol. The van der Waals surface area contributed by atoms with E-state index in [4.69, 9.17) is 11.6 Å². The molecule has 0 unspecified atom stereocenters. The number of fused-ring (bicyclic) bond motifs is 1. The summed E-state index contributed by atoms with van der Waals surface area (Å²) in [4.78, 5) is 23.6. The molecule has 1 amide bonds. The quantitative estimate of drug-likeness (QED) is 0.735. The largest absolute Gasteiger partial charge is 0.331 e. The van der Waals surface area contributed by atoms with Gasteiger partial charge in [0.25, 0.3) is 11.7 Å². The molecule has 3 heterocycles. The SMILES string of the molecule is CCN(Cc1ccc(Cl)s1)C(=O)c1nc2nccc(C)n2n1. The summed E-state index contributed by atoms with van der Waals surface area (Å²) in [6.45, 7) is 4.88. The van der Waals surface area contributed by atoms with E-state index in [0.29, 0.717) is 23.2 Å². The van der Waals surface area contributed by atoms with Crippen LogP contribution in [0.1, 0.15) is 28.1 Å². The second-order valence-electron chi connectivity index (χ2n) is 4.76. The van der Waals surface area contributed by atoms with Gasteiger partial charge >= 0.3 is 0 Å². The molecular weight excluding hydrogens is 322 g/mol. The van der Waals surface area contributed by atoms with Crippen LogP contribution in [0.3, 0.4) is 0 Å². The lowest BCUT2D eigenvalue weighted by Crippen LogP contribution is -2.30. The lowest BCUT2D eigenvalue weighted by molar-refractivity contribution is 0.0742. The van der Waals surface area contributed by atoms with Gasteiger partial charge in [0.05, 0.1) is 10.9 Å². The Bertz CT molecular complexity index is 828. The first-order chi connectivity index (χ1) is 10.6. The van der Waals surface area contributed by atoms with Crippen LogP contribution >= 0.6 is 22.9 Å². The van der Waals surface area contributed by atoms with Gasteiger partial charge in [-0.15, -0.1) is 16.4 Å². The van der Waals surface area contributed by atoms with Crippen LogP contribution < -0.4 is 0 Å². The average molecular weight is 336 g/mol. The standard InChI is InChI=1S/C14H14ClN5OS/c1-3-19(8-10-4-5-11(15)22-10)13(21)12-17-14-16-7-6-9(2)20(14)18-12/h4-7H,3,8H2,1-2H3. The summed E-state index contributed by atoms with van der Waals surface area (Å²) < 4.78 is 2.28. The lowest BCUT2D eigenvalue weighted by Gasteiger charge is -2.18. The number of thiophene rings is 1. The molecule has 0 aromatic carbocycles. The Morgan fingerprint density at radius 2 is 2.23 bits per heavy atom. The molecule has 0 atom stereocenters. The first-order valence-electron chi connectivity index (χ1n) is 6.80. The number of aromatic nitrogens is 4. The van der Waals surface area contributed by atoms with Gasteiger partial charge in [0.15, 0.2) is 0 Å². The van der Waals surface area contributed by atoms with E-state index >= 15 is 0 Å². The van der Waals surface area contributed by atoms with Crippen molar-refractivity contribution in [1.82, 2.24) is 24.5 Å². The highest BCUT2D eigenvalue weighted by molar-refractivity contribution is 7.16. The molecule has 0 spiro atoms. The normalized spacial score (nSPS) is 11.0. The summed E-state index contributed by atoms with van der Waals surface area (Å²) in [6, 6.07) is 5.57. The zero-order valence-corrected chi connectivity index (χ0v) is 13.7. The van der Waals surface area contributed by atoms with Crippen LogP contribution in [0, 0.1) is 6.92 Å². The van der Waals surface area contributed by atoms with Gasteiger partial charge in [-0.25, -0.2) is 9.50 Å². The van der Waals surface area contributed by atoms with E-state index in [0.717, 1.165) is 10.6 Å². The maximum Gasteiger partial charge on any atom is 0.293 e. The van der Waals surface area contributed by atoms with E-state index in [-0.39, 0.29) is 11.7 Å². The first-order valence-corrected chi connectivity index (χ1v) is 8.00. The molecule has 0 saturated heterocycles. The van der Waals surface area contributed by atoms with Crippen molar-refractivity contribution >= 4 is 34.6 Å². The third-order valence-corrected chi connectivity index (χ3v) is 4.48. The molecule has 0 bridgehead atoms. The molecule has 6 nitrogen and oxygen atoms in total. The summed E-state index contributed by atoms with van der Waals surface area (Å²) >= 11 is 7.40. The number of rotatable bonds is 4. The molecule has 0 aliphatic carbocycles. The Kier molecular flexibility index (Phi) is 4.08. The minimum absolute atomic E-state index is 0.159. The molecule has 0 saturated carbocycles. The van der Waals surface area contributed by atoms with Gasteiger partial charge in [-0.1, -0.05) is 11.6 Å². The maximum absolute atomic E-state index is 12.6. The molecule has 8 heteroatoms. The van der Waals surface area contributed by atoms with Gasteiger partial charge in [-0.3, -0.25) is 4.79 Å². The van der Waals surface area contributed by atoms with Crippen molar-refractivity contribution in [2.24, 2.45) is 0 Å². The zero-order chi connectivity index (χ0) is 15.7. The zero-order valence-electron chi connectivity index (χ0n) is 12.2. The fourth-order valence-electron chi connectivity index (χ4n) is 2.09. The molecule has 0 aliphatic rings. The second-order valence-corrected chi connectivity index (χ2v) is 6.56. The van der Waals surface area contributed by atoms with Crippen LogP contribution in [0.25, 0.3) is 5.78 Å². The van der Waals surface area contributed by atoms with E-state index < -0.39 is 0 Å². The Hall–Kier alpha value is -1.99. The monoisotopic (exact) mass is 335 g/mol. The fraction of sp³-hybridized carbons (Fsp3) is 0.286. The molecular formula is C14H14ClN5OS. The van der Waals surface area contributed by atoms with Gasteiger partial charge in [0.2, 0.25) is 5.82 Å². The molecule has 0 N–H and O–H groups in total. The topological polar surface area (TPSA) is 63.4 Å². The van der Waals surface area contributed by atoms with Crippen LogP contribution in [0.15, 0.2) is 24.4 Å². The summed E-state index contributed by atoms with van der Waals surface area (Å²) in [5.41, 5.74) is 0.879. The van der Waals surface area contributed by atoms with E-state index in [1.54, 1.807) is 15.6 Å². The number of halogens is 1. The molecule has 0 fully saturated rings. The fourth-order valence-corrected chi connectivity index (χ4v) is 3.19. The molecule has 22 heavy (non-hydrogen) atoms. The summed E-state index contributed by atoms with van der Waals surface area (Å²) in [5, 5.41) is 4.26. The highest BCUT2D eigenvalue weighted by Gasteiger charge is 2.21. The minimum atomic E-state index is -0.211. The van der Waals surface area contributed by atoms with Crippen molar-refractivity contribution in [3.8, 4) is 0 Å². The lowest BCUT2D eigenvalue weighted by atomic mass is 10.4. The van der Waals surface area contributed by atoms with Crippen molar-refractivity contribution in [2.75, 3.05) is 6.54 Å². The maximum atomic E-state index is 12.6. The van der Waals surface area contributed by atoms with Crippen LogP contribution in [-0.4, -0.2) is 36.9 Å². The van der Waals surface area contributed by atoms with E-state index in [1.165, 1.54) is 11.3 Å². The number of carbonyl (C=O) groups is 1. The molecule has 0 aliphatic heterocycles. The van der Waals surface area contributed by atoms with Crippen LogP contribution in [0.4, 0.5) is 0 Å². The van der Waals surface area contributed by atoms with Crippen molar-refractivity contribution in [3.63, 3.8) is 0 Å². The highest BCUT2D eigenvalue weighted by atomic mass is 35.5. The van der Waals surface area contributed by atoms with E-state index in [1.807, 2.05) is 32.0 Å². The molecule has 0 radical (unpaired) electrons. The molecule has 3 aromatic rings. The van der Waals surface area contributed by atoms with Gasteiger partial charge in [-0.2, -0.15) is 4.98 Å². The molecule has 3 rings (SSSR count). The summed E-state index contributed by atoms with van der Waals surface area (Å²) in [6.07, 6.45) is 1.65. The van der Waals surface area contributed by atoms with Crippen molar-refractivity contribution < 1.29 is 4.79 Å². The number of amides is 1. The highest BCUT2D eigenvalue weighted by Crippen LogP contribution is 2.23. The van der Waals surface area contributed by atoms with E-state index in [2.05, 4.69) is 15.1 Å². The third kappa shape index (κ3) is 2.82. The number of nitrogens with zero attached hydrogens (tertiary/aromatic N) is 5. The van der Waals surface area contributed by atoms with Crippen molar-refractivity contribution in [1.29, 1.82) is 0 Å². The first kappa shape index (κ1) is 14.9. The Morgan fingerprint density at radius 1 is 1.41 bits per heavy atom. The van der Waals surface area contributed by atoms with Gasteiger partial charge in [-0.05, 0) is 32.0 Å². The molecule has 114 valence electrons. The average Bonchev–Trinajstić information content (AvgIpc) is 3.11. The van der Waals surface area contributed by atoms with Crippen molar-refractivity contribution in [3.05, 3.63) is 45.1 Å². The van der Waals surface area contributed by atoms with E-state index in [9.17, 15) is 4.79 Å². The predicted octanol–water partition coefficient (Wildman–Crippen LogP) is 2.81. The number of hydrogen-bond acceptors (Lipinski definition) is 5. The smallest absolute Gasteiger partial charge is 0.293 e. The summed E-state index contributed by atoms with van der Waals surface area (Å²) in [5.74, 6) is 0.377. The Balaban J connectivity index is 1.87. The minimum Gasteiger partial charge on any atom is -0.331 e. The second kappa shape index (κ2) is 6.02.